The molecule has 1 N–H and O–H groups in total. The number of methoxy groups -OCH3 is 1. The van der Waals surface area contributed by atoms with Crippen LogP contribution in [0.4, 0.5) is 5.69 Å². The Morgan fingerprint density at radius 2 is 2.11 bits per heavy atom. The van der Waals surface area contributed by atoms with E-state index in [4.69, 9.17) is 9.15 Å². The van der Waals surface area contributed by atoms with Crippen LogP contribution in [-0.4, -0.2) is 13.1 Å². The maximum Gasteiger partial charge on any atom is 0.338 e. The lowest BCUT2D eigenvalue weighted by atomic mass is 10.1. The van der Waals surface area contributed by atoms with Crippen molar-refractivity contribution >= 4 is 11.7 Å². The average molecular weight is 259 g/mol. The van der Waals surface area contributed by atoms with Gasteiger partial charge in [0.15, 0.2) is 0 Å². The molecule has 1 aromatic heterocycles. The molecule has 100 valence electrons. The molecule has 1 heterocycles. The summed E-state index contributed by atoms with van der Waals surface area (Å²) in [6, 6.07) is 7.44. The van der Waals surface area contributed by atoms with Crippen LogP contribution < -0.4 is 5.32 Å². The van der Waals surface area contributed by atoms with Gasteiger partial charge < -0.3 is 14.5 Å². The lowest BCUT2D eigenvalue weighted by molar-refractivity contribution is 0.0600. The smallest absolute Gasteiger partial charge is 0.338 e. The number of hydrogen-bond donors (Lipinski definition) is 1. The Kier molecular flexibility index (Phi) is 3.90. The zero-order valence-electron chi connectivity index (χ0n) is 11.3. The standard InChI is InChI=1S/C15H17NO3/c1-10-7-8-19-14(10)9-16-13-6-4-5-12(11(13)2)15(17)18-3/h4-8,16H,9H2,1-3H3. The summed E-state index contributed by atoms with van der Waals surface area (Å²) in [5.74, 6) is 0.568. The van der Waals surface area contributed by atoms with Gasteiger partial charge in [0.1, 0.15) is 5.76 Å². The highest BCUT2D eigenvalue weighted by atomic mass is 16.5. The molecule has 4 heteroatoms. The molecule has 2 aromatic rings. The summed E-state index contributed by atoms with van der Waals surface area (Å²) in [5, 5.41) is 3.27. The van der Waals surface area contributed by atoms with E-state index < -0.39 is 0 Å². The molecular weight excluding hydrogens is 242 g/mol. The minimum atomic E-state index is -0.324. The third-order valence-electron chi connectivity index (χ3n) is 3.15. The molecule has 0 fully saturated rings. The van der Waals surface area contributed by atoms with Gasteiger partial charge in [0.2, 0.25) is 0 Å². The van der Waals surface area contributed by atoms with Crippen molar-refractivity contribution in [2.75, 3.05) is 12.4 Å². The van der Waals surface area contributed by atoms with Gasteiger partial charge in [-0.05, 0) is 43.2 Å². The normalized spacial score (nSPS) is 10.3. The number of carbonyl (C=O) groups is 1. The van der Waals surface area contributed by atoms with Gasteiger partial charge in [-0.15, -0.1) is 0 Å². The molecule has 0 unspecified atom stereocenters. The molecule has 0 aliphatic heterocycles. The summed E-state index contributed by atoms with van der Waals surface area (Å²) in [6.45, 7) is 4.48. The van der Waals surface area contributed by atoms with Gasteiger partial charge in [0.25, 0.3) is 0 Å². The van der Waals surface area contributed by atoms with Crippen molar-refractivity contribution in [2.45, 2.75) is 20.4 Å². The SMILES string of the molecule is COC(=O)c1cccc(NCc2occc2C)c1C. The zero-order chi connectivity index (χ0) is 13.8. The highest BCUT2D eigenvalue weighted by molar-refractivity contribution is 5.92. The summed E-state index contributed by atoms with van der Waals surface area (Å²) >= 11 is 0. The fourth-order valence-electron chi connectivity index (χ4n) is 1.92. The molecule has 0 spiro atoms. The van der Waals surface area contributed by atoms with Gasteiger partial charge in [0, 0.05) is 5.69 Å². The summed E-state index contributed by atoms with van der Waals surface area (Å²) in [4.78, 5) is 11.6. The Balaban J connectivity index is 2.17. The van der Waals surface area contributed by atoms with Gasteiger partial charge in [-0.1, -0.05) is 6.07 Å². The van der Waals surface area contributed by atoms with Crippen LogP contribution in [0, 0.1) is 13.8 Å². The first-order valence-electron chi connectivity index (χ1n) is 6.08. The van der Waals surface area contributed by atoms with E-state index in [1.165, 1.54) is 7.11 Å². The van der Waals surface area contributed by atoms with Crippen LogP contribution in [0.15, 0.2) is 34.9 Å². The number of ether oxygens (including phenoxy) is 1. The molecule has 19 heavy (non-hydrogen) atoms. The van der Waals surface area contributed by atoms with Crippen molar-refractivity contribution in [3.8, 4) is 0 Å². The monoisotopic (exact) mass is 259 g/mol. The summed E-state index contributed by atoms with van der Waals surface area (Å²) in [6.07, 6.45) is 1.67. The number of aryl methyl sites for hydroxylation is 1. The van der Waals surface area contributed by atoms with Crippen LogP contribution >= 0.6 is 0 Å². The summed E-state index contributed by atoms with van der Waals surface area (Å²) in [7, 11) is 1.38. The first-order valence-corrected chi connectivity index (χ1v) is 6.08. The molecule has 0 aliphatic rings. The minimum absolute atomic E-state index is 0.324. The van der Waals surface area contributed by atoms with Gasteiger partial charge in [-0.2, -0.15) is 0 Å². The fourth-order valence-corrected chi connectivity index (χ4v) is 1.92. The van der Waals surface area contributed by atoms with Crippen molar-refractivity contribution in [3.05, 3.63) is 53.0 Å². The van der Waals surface area contributed by atoms with E-state index >= 15 is 0 Å². The van der Waals surface area contributed by atoms with E-state index in [1.54, 1.807) is 12.3 Å². The molecule has 0 radical (unpaired) electrons. The summed E-state index contributed by atoms with van der Waals surface area (Å²) in [5.41, 5.74) is 3.45. The van der Waals surface area contributed by atoms with Crippen molar-refractivity contribution in [1.82, 2.24) is 0 Å². The van der Waals surface area contributed by atoms with E-state index in [1.807, 2.05) is 32.0 Å². The van der Waals surface area contributed by atoms with Crippen molar-refractivity contribution in [3.63, 3.8) is 0 Å². The van der Waals surface area contributed by atoms with Crippen LogP contribution in [-0.2, 0) is 11.3 Å². The third kappa shape index (κ3) is 2.78. The van der Waals surface area contributed by atoms with Gasteiger partial charge in [-0.3, -0.25) is 0 Å². The number of hydrogen-bond acceptors (Lipinski definition) is 4. The second-order valence-corrected chi connectivity index (χ2v) is 4.35. The maximum atomic E-state index is 11.6. The second kappa shape index (κ2) is 5.61. The largest absolute Gasteiger partial charge is 0.467 e. The molecule has 0 saturated carbocycles. The van der Waals surface area contributed by atoms with Crippen molar-refractivity contribution in [2.24, 2.45) is 0 Å². The minimum Gasteiger partial charge on any atom is -0.467 e. The first-order chi connectivity index (χ1) is 9.13. The van der Waals surface area contributed by atoms with E-state index in [2.05, 4.69) is 5.32 Å². The first kappa shape index (κ1) is 13.2. The fraction of sp³-hybridized carbons (Fsp3) is 0.267. The highest BCUT2D eigenvalue weighted by Crippen LogP contribution is 2.21. The Hall–Kier alpha value is -2.23. The lowest BCUT2D eigenvalue weighted by Gasteiger charge is -2.11. The van der Waals surface area contributed by atoms with Crippen LogP contribution in [0.2, 0.25) is 0 Å². The lowest BCUT2D eigenvalue weighted by Crippen LogP contribution is -2.07. The average Bonchev–Trinajstić information content (AvgIpc) is 2.82. The number of carbonyl (C=O) groups excluding carboxylic acids is 1. The molecule has 0 amide bonds. The van der Waals surface area contributed by atoms with E-state index in [9.17, 15) is 4.79 Å². The second-order valence-electron chi connectivity index (χ2n) is 4.35. The van der Waals surface area contributed by atoms with Crippen LogP contribution in [0.5, 0.6) is 0 Å². The van der Waals surface area contributed by atoms with Crippen molar-refractivity contribution in [1.29, 1.82) is 0 Å². The molecule has 0 atom stereocenters. The number of benzene rings is 1. The zero-order valence-corrected chi connectivity index (χ0v) is 11.3. The molecule has 0 saturated heterocycles. The Morgan fingerprint density at radius 3 is 2.74 bits per heavy atom. The highest BCUT2D eigenvalue weighted by Gasteiger charge is 2.12. The third-order valence-corrected chi connectivity index (χ3v) is 3.15. The Bertz CT molecular complexity index is 587. The van der Waals surface area contributed by atoms with Gasteiger partial charge in [-0.25, -0.2) is 4.79 Å². The number of furan rings is 1. The molecule has 0 bridgehead atoms. The number of esters is 1. The van der Waals surface area contributed by atoms with E-state index in [-0.39, 0.29) is 5.97 Å². The van der Waals surface area contributed by atoms with Crippen LogP contribution in [0.1, 0.15) is 27.2 Å². The van der Waals surface area contributed by atoms with E-state index in [0.717, 1.165) is 22.6 Å². The molecule has 2 rings (SSSR count). The predicted molar refractivity (Wildman–Crippen MR) is 73.3 cm³/mol. The quantitative estimate of drug-likeness (QED) is 0.856. The van der Waals surface area contributed by atoms with Gasteiger partial charge >= 0.3 is 5.97 Å². The molecular formula is C15H17NO3. The Morgan fingerprint density at radius 1 is 1.32 bits per heavy atom. The van der Waals surface area contributed by atoms with E-state index in [0.29, 0.717) is 12.1 Å². The maximum absolute atomic E-state index is 11.6. The predicted octanol–water partition coefficient (Wildman–Crippen LogP) is 3.30. The van der Waals surface area contributed by atoms with Gasteiger partial charge in [0.05, 0.1) is 25.5 Å². The molecule has 1 aromatic carbocycles. The number of rotatable bonds is 4. The Labute approximate surface area is 112 Å². The number of anilines is 1. The van der Waals surface area contributed by atoms with Crippen LogP contribution in [0.25, 0.3) is 0 Å². The molecule has 4 nitrogen and oxygen atoms in total. The summed E-state index contributed by atoms with van der Waals surface area (Å²) < 4.78 is 10.1. The molecule has 0 aliphatic carbocycles. The van der Waals surface area contributed by atoms with Crippen molar-refractivity contribution < 1.29 is 13.9 Å². The van der Waals surface area contributed by atoms with Crippen LogP contribution in [0.3, 0.4) is 0 Å². The number of nitrogens with one attached hydrogen (secondary N) is 1. The topological polar surface area (TPSA) is 51.5 Å².